The first-order chi connectivity index (χ1) is 11.6. The number of nitrogens with zero attached hydrogens (tertiary/aromatic N) is 1. The Morgan fingerprint density at radius 2 is 1.72 bits per heavy atom. The molecule has 0 radical (unpaired) electrons. The van der Waals surface area contributed by atoms with E-state index < -0.39 is 53.6 Å². The van der Waals surface area contributed by atoms with Gasteiger partial charge in [0.05, 0.1) is 13.0 Å². The molecule has 0 spiro atoms. The Balaban J connectivity index is 1.93. The van der Waals surface area contributed by atoms with Gasteiger partial charge in [0.1, 0.15) is 17.3 Å². The molecular weight excluding hydrogens is 355 g/mol. The third kappa shape index (κ3) is 3.20. The molecule has 9 heteroatoms. The van der Waals surface area contributed by atoms with Crippen molar-refractivity contribution in [1.29, 1.82) is 0 Å². The van der Waals surface area contributed by atoms with Crippen LogP contribution in [0.25, 0.3) is 0 Å². The molecule has 1 aromatic carbocycles. The Morgan fingerprint density at radius 3 is 2.20 bits per heavy atom. The molecule has 2 heterocycles. The maximum absolute atomic E-state index is 14.8. The van der Waals surface area contributed by atoms with Crippen molar-refractivity contribution in [3.63, 3.8) is 0 Å². The lowest BCUT2D eigenvalue weighted by molar-refractivity contribution is -0.127. The molecule has 0 N–H and O–H groups in total. The summed E-state index contributed by atoms with van der Waals surface area (Å²) in [7, 11) is 0. The number of epoxide rings is 1. The van der Waals surface area contributed by atoms with Crippen molar-refractivity contribution >= 4 is 0 Å². The van der Waals surface area contributed by atoms with Crippen LogP contribution in [0.15, 0.2) is 36.5 Å². The molecule has 0 unspecified atom stereocenters. The van der Waals surface area contributed by atoms with Crippen LogP contribution in [0.5, 0.6) is 0 Å². The van der Waals surface area contributed by atoms with Crippen LogP contribution in [0.2, 0.25) is 0 Å². The number of hydrogen-bond donors (Lipinski definition) is 0. The first-order valence-electron chi connectivity index (χ1n) is 7.05. The summed E-state index contributed by atoms with van der Waals surface area (Å²) in [5.41, 5.74) is -4.05. The van der Waals surface area contributed by atoms with Crippen molar-refractivity contribution in [2.45, 2.75) is 24.1 Å². The van der Waals surface area contributed by atoms with E-state index >= 15 is 0 Å². The zero-order chi connectivity index (χ0) is 18.5. The zero-order valence-corrected chi connectivity index (χ0v) is 12.4. The minimum absolute atomic E-state index is 0.286. The minimum atomic E-state index is -4.50. The molecule has 1 aromatic heterocycles. The van der Waals surface area contributed by atoms with Crippen LogP contribution in [-0.2, 0) is 22.7 Å². The van der Waals surface area contributed by atoms with Crippen molar-refractivity contribution in [3.8, 4) is 0 Å². The number of ether oxygens (including phenoxy) is 1. The van der Waals surface area contributed by atoms with E-state index in [9.17, 15) is 30.7 Å². The van der Waals surface area contributed by atoms with Gasteiger partial charge in [-0.25, -0.2) is 8.78 Å². The average Bonchev–Trinajstić information content (AvgIpc) is 3.28. The molecule has 2 nitrogen and oxygen atoms in total. The van der Waals surface area contributed by atoms with Crippen molar-refractivity contribution < 1.29 is 35.5 Å². The highest BCUT2D eigenvalue weighted by molar-refractivity contribution is 5.35. The maximum atomic E-state index is 14.8. The molecule has 0 saturated carbocycles. The van der Waals surface area contributed by atoms with E-state index in [0.717, 1.165) is 24.3 Å². The summed E-state index contributed by atoms with van der Waals surface area (Å²) in [5, 5.41) is 0. The Morgan fingerprint density at radius 1 is 1.04 bits per heavy atom. The Kier molecular flexibility index (Phi) is 4.02. The lowest BCUT2D eigenvalue weighted by Gasteiger charge is -2.24. The van der Waals surface area contributed by atoms with Gasteiger partial charge in [0.25, 0.3) is 0 Å². The lowest BCUT2D eigenvalue weighted by Crippen LogP contribution is -2.34. The topological polar surface area (TPSA) is 25.4 Å². The van der Waals surface area contributed by atoms with E-state index in [1.807, 2.05) is 0 Å². The SMILES string of the molecule is Fc1ccc([C@]2(C(F)(F)c3ccc(CC(F)(F)F)cn3)CO2)c(F)c1. The monoisotopic (exact) mass is 365 g/mol. The number of rotatable bonds is 4. The van der Waals surface area contributed by atoms with E-state index in [2.05, 4.69) is 4.98 Å². The molecule has 1 aliphatic heterocycles. The van der Waals surface area contributed by atoms with E-state index in [1.165, 1.54) is 0 Å². The van der Waals surface area contributed by atoms with Gasteiger partial charge >= 0.3 is 12.1 Å². The average molecular weight is 365 g/mol. The molecule has 0 bridgehead atoms. The fourth-order valence-electron chi connectivity index (χ4n) is 2.55. The van der Waals surface area contributed by atoms with Crippen LogP contribution in [0.4, 0.5) is 30.7 Å². The molecule has 1 saturated heterocycles. The Bertz CT molecular complexity index is 782. The maximum Gasteiger partial charge on any atom is 0.393 e. The van der Waals surface area contributed by atoms with Gasteiger partial charge in [-0.1, -0.05) is 6.07 Å². The highest BCUT2D eigenvalue weighted by Crippen LogP contribution is 2.56. The van der Waals surface area contributed by atoms with Crippen molar-refractivity contribution in [1.82, 2.24) is 4.98 Å². The summed E-state index contributed by atoms with van der Waals surface area (Å²) in [4.78, 5) is 3.39. The van der Waals surface area contributed by atoms with Gasteiger partial charge in [0.15, 0.2) is 5.60 Å². The standard InChI is InChI=1S/C16H10F7NO/c17-10-2-3-11(12(18)5-10)14(8-25-14)16(22,23)13-4-1-9(7-24-13)6-15(19,20)21/h1-5,7H,6,8H2/t14-/m0/s1. The van der Waals surface area contributed by atoms with Crippen molar-refractivity contribution in [2.75, 3.05) is 6.61 Å². The quantitative estimate of drug-likeness (QED) is 0.590. The Hall–Kier alpha value is -2.16. The number of benzene rings is 1. The van der Waals surface area contributed by atoms with Crippen LogP contribution in [0, 0.1) is 11.6 Å². The van der Waals surface area contributed by atoms with Crippen LogP contribution in [0.3, 0.4) is 0 Å². The molecule has 1 aliphatic rings. The van der Waals surface area contributed by atoms with E-state index in [0.29, 0.717) is 12.3 Å². The second-order valence-corrected chi connectivity index (χ2v) is 5.66. The van der Waals surface area contributed by atoms with Gasteiger partial charge in [-0.3, -0.25) is 4.98 Å². The smallest absolute Gasteiger partial charge is 0.357 e. The molecule has 3 rings (SSSR count). The summed E-state index contributed by atoms with van der Waals surface area (Å²) in [6.07, 6.45) is -5.11. The number of aromatic nitrogens is 1. The number of hydrogen-bond acceptors (Lipinski definition) is 2. The third-order valence-electron chi connectivity index (χ3n) is 3.86. The van der Waals surface area contributed by atoms with Crippen molar-refractivity contribution in [2.24, 2.45) is 0 Å². The summed E-state index contributed by atoms with van der Waals surface area (Å²) >= 11 is 0. The first-order valence-corrected chi connectivity index (χ1v) is 7.05. The Labute approximate surface area is 137 Å². The van der Waals surface area contributed by atoms with Gasteiger partial charge in [0.2, 0.25) is 0 Å². The molecule has 134 valence electrons. The normalized spacial score (nSPS) is 20.6. The van der Waals surface area contributed by atoms with Crippen LogP contribution in [0.1, 0.15) is 16.8 Å². The number of alkyl halides is 5. The predicted molar refractivity (Wildman–Crippen MR) is 71.9 cm³/mol. The highest BCUT2D eigenvalue weighted by Gasteiger charge is 2.68. The van der Waals surface area contributed by atoms with E-state index in [1.54, 1.807) is 0 Å². The number of halogens is 7. The molecule has 2 aromatic rings. The molecular formula is C16H10F7NO. The minimum Gasteiger partial charge on any atom is -0.357 e. The summed E-state index contributed by atoms with van der Waals surface area (Å²) < 4.78 is 98.1. The zero-order valence-electron chi connectivity index (χ0n) is 12.4. The molecule has 1 fully saturated rings. The highest BCUT2D eigenvalue weighted by atomic mass is 19.4. The largest absolute Gasteiger partial charge is 0.393 e. The first kappa shape index (κ1) is 17.7. The van der Waals surface area contributed by atoms with Gasteiger partial charge in [-0.05, 0) is 23.8 Å². The van der Waals surface area contributed by atoms with Gasteiger partial charge < -0.3 is 4.74 Å². The molecule has 25 heavy (non-hydrogen) atoms. The van der Waals surface area contributed by atoms with Gasteiger partial charge in [-0.15, -0.1) is 0 Å². The van der Waals surface area contributed by atoms with Gasteiger partial charge in [0, 0.05) is 17.8 Å². The van der Waals surface area contributed by atoms with Gasteiger partial charge in [-0.2, -0.15) is 22.0 Å². The van der Waals surface area contributed by atoms with E-state index in [-0.39, 0.29) is 5.56 Å². The number of pyridine rings is 1. The van der Waals surface area contributed by atoms with E-state index in [4.69, 9.17) is 4.74 Å². The predicted octanol–water partition coefficient (Wildman–Crippen LogP) is 4.48. The molecule has 1 atom stereocenters. The third-order valence-corrected chi connectivity index (χ3v) is 3.86. The summed E-state index contributed by atoms with van der Waals surface area (Å²) in [6, 6.07) is 3.74. The summed E-state index contributed by atoms with van der Waals surface area (Å²) in [5.74, 6) is -5.96. The van der Waals surface area contributed by atoms with Crippen LogP contribution in [-0.4, -0.2) is 17.8 Å². The van der Waals surface area contributed by atoms with Crippen LogP contribution < -0.4 is 0 Å². The van der Waals surface area contributed by atoms with Crippen molar-refractivity contribution in [3.05, 3.63) is 65.0 Å². The molecule has 0 amide bonds. The summed E-state index contributed by atoms with van der Waals surface area (Å²) in [6.45, 7) is -0.533. The fourth-order valence-corrected chi connectivity index (χ4v) is 2.55. The van der Waals surface area contributed by atoms with Crippen LogP contribution >= 0.6 is 0 Å². The second kappa shape index (κ2) is 5.69. The lowest BCUT2D eigenvalue weighted by atomic mass is 9.90. The second-order valence-electron chi connectivity index (χ2n) is 5.66. The fraction of sp³-hybridized carbons (Fsp3) is 0.312. The molecule has 0 aliphatic carbocycles.